The molecule has 110 valence electrons. The molecular weight excluding hydrogens is 330 g/mol. The van der Waals surface area contributed by atoms with Gasteiger partial charge in [0.25, 0.3) is 0 Å². The lowest BCUT2D eigenvalue weighted by atomic mass is 10.0. The van der Waals surface area contributed by atoms with Crippen molar-refractivity contribution in [1.82, 2.24) is 15.3 Å². The number of hydrogen-bond donors (Lipinski definition) is 1. The fraction of sp³-hybridized carbons (Fsp3) is 0.375. The van der Waals surface area contributed by atoms with Crippen LogP contribution in [0.3, 0.4) is 0 Å². The number of nitrogens with one attached hydrogen (secondary N) is 1. The molecule has 1 aromatic heterocycles. The van der Waals surface area contributed by atoms with Crippen LogP contribution in [-0.2, 0) is 19.4 Å². The van der Waals surface area contributed by atoms with Gasteiger partial charge in [-0.05, 0) is 59.1 Å². The Morgan fingerprint density at radius 2 is 2.19 bits per heavy atom. The van der Waals surface area contributed by atoms with Crippen molar-refractivity contribution in [1.29, 1.82) is 0 Å². The van der Waals surface area contributed by atoms with Crippen molar-refractivity contribution < 1.29 is 4.74 Å². The van der Waals surface area contributed by atoms with Gasteiger partial charge in [0.2, 0.25) is 0 Å². The third kappa shape index (κ3) is 2.80. The molecule has 1 N–H and O–H groups in total. The van der Waals surface area contributed by atoms with Gasteiger partial charge in [-0.1, -0.05) is 6.92 Å². The van der Waals surface area contributed by atoms with E-state index in [2.05, 4.69) is 28.2 Å². The largest absolute Gasteiger partial charge is 0.496 e. The zero-order valence-corrected chi connectivity index (χ0v) is 13.8. The standard InChI is InChI=1S/C16H18BrN3O/c1-3-13-11-6-7-18-9-14(11)20-16(19-13)10-4-5-15(21-2)12(17)8-10/h4-5,8,18H,3,6-7,9H2,1-2H3. The summed E-state index contributed by atoms with van der Waals surface area (Å²) in [6.45, 7) is 3.99. The van der Waals surface area contributed by atoms with Crippen LogP contribution >= 0.6 is 15.9 Å². The van der Waals surface area contributed by atoms with Crippen molar-refractivity contribution in [3.8, 4) is 17.1 Å². The predicted molar refractivity (Wildman–Crippen MR) is 86.5 cm³/mol. The maximum atomic E-state index is 5.27. The van der Waals surface area contributed by atoms with Gasteiger partial charge in [0.05, 0.1) is 17.3 Å². The monoisotopic (exact) mass is 347 g/mol. The molecule has 2 aromatic rings. The lowest BCUT2D eigenvalue weighted by molar-refractivity contribution is 0.412. The molecule has 5 heteroatoms. The summed E-state index contributed by atoms with van der Waals surface area (Å²) >= 11 is 3.52. The van der Waals surface area contributed by atoms with Crippen LogP contribution < -0.4 is 10.1 Å². The number of halogens is 1. The SMILES string of the molecule is CCc1nc(-c2ccc(OC)c(Br)c2)nc2c1CCNC2. The molecule has 0 unspecified atom stereocenters. The lowest BCUT2D eigenvalue weighted by Crippen LogP contribution is -2.26. The Morgan fingerprint density at radius 1 is 1.33 bits per heavy atom. The zero-order chi connectivity index (χ0) is 14.8. The van der Waals surface area contributed by atoms with Crippen LogP contribution in [0.2, 0.25) is 0 Å². The van der Waals surface area contributed by atoms with Crippen molar-refractivity contribution >= 4 is 15.9 Å². The van der Waals surface area contributed by atoms with Crippen LogP contribution in [0.4, 0.5) is 0 Å². The molecule has 0 bridgehead atoms. The molecule has 21 heavy (non-hydrogen) atoms. The Morgan fingerprint density at radius 3 is 2.90 bits per heavy atom. The van der Waals surface area contributed by atoms with E-state index in [9.17, 15) is 0 Å². The van der Waals surface area contributed by atoms with E-state index in [1.54, 1.807) is 7.11 Å². The molecule has 1 aliphatic rings. The Bertz CT molecular complexity index is 656. The van der Waals surface area contributed by atoms with Crippen LogP contribution in [0.5, 0.6) is 5.75 Å². The molecule has 4 nitrogen and oxygen atoms in total. The number of aryl methyl sites for hydroxylation is 1. The number of methoxy groups -OCH3 is 1. The van der Waals surface area contributed by atoms with Crippen molar-refractivity contribution in [3.05, 3.63) is 39.6 Å². The molecule has 1 aliphatic heterocycles. The summed E-state index contributed by atoms with van der Waals surface area (Å²) in [6.07, 6.45) is 1.96. The molecule has 0 saturated carbocycles. The number of benzene rings is 1. The molecule has 2 heterocycles. The third-order valence-corrected chi connectivity index (χ3v) is 4.39. The quantitative estimate of drug-likeness (QED) is 0.926. The molecule has 0 radical (unpaired) electrons. The summed E-state index contributed by atoms with van der Waals surface area (Å²) in [4.78, 5) is 9.52. The van der Waals surface area contributed by atoms with Gasteiger partial charge in [-0.25, -0.2) is 9.97 Å². The second kappa shape index (κ2) is 6.12. The summed E-state index contributed by atoms with van der Waals surface area (Å²) in [5.41, 5.74) is 4.64. The smallest absolute Gasteiger partial charge is 0.159 e. The summed E-state index contributed by atoms with van der Waals surface area (Å²) in [5, 5.41) is 3.38. The molecule has 0 aliphatic carbocycles. The minimum atomic E-state index is 0.789. The van der Waals surface area contributed by atoms with Crippen LogP contribution in [-0.4, -0.2) is 23.6 Å². The molecule has 1 aromatic carbocycles. The molecule has 0 spiro atoms. The summed E-state index contributed by atoms with van der Waals surface area (Å²) in [5.74, 6) is 1.60. The van der Waals surface area contributed by atoms with Crippen LogP contribution in [0.25, 0.3) is 11.4 Å². The molecule has 0 saturated heterocycles. The van der Waals surface area contributed by atoms with Gasteiger partial charge >= 0.3 is 0 Å². The molecule has 0 fully saturated rings. The molecular formula is C16H18BrN3O. The Kier molecular flexibility index (Phi) is 4.22. The van der Waals surface area contributed by atoms with Crippen molar-refractivity contribution in [2.75, 3.05) is 13.7 Å². The van der Waals surface area contributed by atoms with Gasteiger partial charge in [-0.3, -0.25) is 0 Å². The van der Waals surface area contributed by atoms with Gasteiger partial charge in [-0.2, -0.15) is 0 Å². The highest BCUT2D eigenvalue weighted by atomic mass is 79.9. The van der Waals surface area contributed by atoms with Crippen LogP contribution in [0.1, 0.15) is 23.9 Å². The highest BCUT2D eigenvalue weighted by Crippen LogP contribution is 2.30. The second-order valence-corrected chi connectivity index (χ2v) is 5.90. The molecule has 3 rings (SSSR count). The zero-order valence-electron chi connectivity index (χ0n) is 12.2. The third-order valence-electron chi connectivity index (χ3n) is 3.77. The number of rotatable bonds is 3. The van der Waals surface area contributed by atoms with E-state index in [1.807, 2.05) is 18.2 Å². The summed E-state index contributed by atoms with van der Waals surface area (Å²) in [6, 6.07) is 5.95. The Hall–Kier alpha value is -1.46. The van der Waals surface area contributed by atoms with Crippen molar-refractivity contribution in [2.24, 2.45) is 0 Å². The first-order valence-corrected chi connectivity index (χ1v) is 7.95. The van der Waals surface area contributed by atoms with E-state index in [0.717, 1.165) is 53.2 Å². The average molecular weight is 348 g/mol. The maximum Gasteiger partial charge on any atom is 0.159 e. The van der Waals surface area contributed by atoms with E-state index < -0.39 is 0 Å². The number of ether oxygens (including phenoxy) is 1. The maximum absolute atomic E-state index is 5.27. The van der Waals surface area contributed by atoms with E-state index in [4.69, 9.17) is 14.7 Å². The first-order chi connectivity index (χ1) is 10.2. The normalized spacial score (nSPS) is 13.9. The Labute approximate surface area is 133 Å². The van der Waals surface area contributed by atoms with Crippen LogP contribution in [0.15, 0.2) is 22.7 Å². The van der Waals surface area contributed by atoms with Crippen LogP contribution in [0, 0.1) is 0 Å². The number of nitrogens with zero attached hydrogens (tertiary/aromatic N) is 2. The van der Waals surface area contributed by atoms with Gasteiger partial charge in [0.1, 0.15) is 5.75 Å². The highest BCUT2D eigenvalue weighted by Gasteiger charge is 2.17. The van der Waals surface area contributed by atoms with Gasteiger partial charge in [-0.15, -0.1) is 0 Å². The number of aromatic nitrogens is 2. The first kappa shape index (κ1) is 14.5. The fourth-order valence-corrected chi connectivity index (χ4v) is 3.20. The van der Waals surface area contributed by atoms with E-state index in [0.29, 0.717) is 0 Å². The minimum absolute atomic E-state index is 0.789. The number of fused-ring (bicyclic) bond motifs is 1. The average Bonchev–Trinajstić information content (AvgIpc) is 2.53. The topological polar surface area (TPSA) is 47.0 Å². The van der Waals surface area contributed by atoms with Crippen molar-refractivity contribution in [2.45, 2.75) is 26.3 Å². The Balaban J connectivity index is 2.08. The molecule has 0 atom stereocenters. The minimum Gasteiger partial charge on any atom is -0.496 e. The van der Waals surface area contributed by atoms with E-state index >= 15 is 0 Å². The van der Waals surface area contributed by atoms with Gasteiger partial charge in [0.15, 0.2) is 5.82 Å². The van der Waals surface area contributed by atoms with Gasteiger partial charge in [0, 0.05) is 17.8 Å². The second-order valence-electron chi connectivity index (χ2n) is 5.05. The summed E-state index contributed by atoms with van der Waals surface area (Å²) < 4.78 is 6.19. The lowest BCUT2D eigenvalue weighted by Gasteiger charge is -2.19. The fourth-order valence-electron chi connectivity index (χ4n) is 2.66. The summed E-state index contributed by atoms with van der Waals surface area (Å²) in [7, 11) is 1.66. The van der Waals surface area contributed by atoms with E-state index in [1.165, 1.54) is 11.3 Å². The molecule has 0 amide bonds. The van der Waals surface area contributed by atoms with E-state index in [-0.39, 0.29) is 0 Å². The van der Waals surface area contributed by atoms with Gasteiger partial charge < -0.3 is 10.1 Å². The first-order valence-electron chi connectivity index (χ1n) is 7.16. The number of hydrogen-bond acceptors (Lipinski definition) is 4. The highest BCUT2D eigenvalue weighted by molar-refractivity contribution is 9.10. The van der Waals surface area contributed by atoms with Crippen molar-refractivity contribution in [3.63, 3.8) is 0 Å². The predicted octanol–water partition coefficient (Wildman–Crippen LogP) is 3.12.